The molecule has 0 atom stereocenters. The second-order valence-corrected chi connectivity index (χ2v) is 5.14. The standard InChI is InChI=1S/C13H16BrFN2/c14-10-7-13(12(16)8-11(10)15)17-6-5-9-3-1-2-4-9/h3,7-8,17H,1-2,4-6,16H2. The van der Waals surface area contributed by atoms with E-state index in [0.717, 1.165) is 18.7 Å². The van der Waals surface area contributed by atoms with Gasteiger partial charge in [-0.2, -0.15) is 0 Å². The topological polar surface area (TPSA) is 38.0 Å². The Morgan fingerprint density at radius 1 is 1.41 bits per heavy atom. The van der Waals surface area contributed by atoms with Crippen molar-refractivity contribution in [3.8, 4) is 0 Å². The minimum Gasteiger partial charge on any atom is -0.397 e. The fourth-order valence-electron chi connectivity index (χ4n) is 2.04. The van der Waals surface area contributed by atoms with Crippen LogP contribution in [0.25, 0.3) is 0 Å². The summed E-state index contributed by atoms with van der Waals surface area (Å²) in [7, 11) is 0. The van der Waals surface area contributed by atoms with Gasteiger partial charge in [-0.15, -0.1) is 0 Å². The molecule has 3 N–H and O–H groups in total. The Balaban J connectivity index is 1.92. The summed E-state index contributed by atoms with van der Waals surface area (Å²) in [5.41, 5.74) is 8.50. The molecule has 92 valence electrons. The Bertz CT molecular complexity index is 443. The highest BCUT2D eigenvalue weighted by atomic mass is 79.9. The van der Waals surface area contributed by atoms with Gasteiger partial charge in [-0.3, -0.25) is 0 Å². The van der Waals surface area contributed by atoms with Crippen molar-refractivity contribution in [3.05, 3.63) is 34.1 Å². The Morgan fingerprint density at radius 3 is 2.94 bits per heavy atom. The molecule has 2 rings (SSSR count). The third-order valence-corrected chi connectivity index (χ3v) is 3.60. The SMILES string of the molecule is Nc1cc(F)c(Br)cc1NCCC1=CCCC1. The van der Waals surface area contributed by atoms with E-state index < -0.39 is 0 Å². The average molecular weight is 299 g/mol. The molecule has 1 aromatic rings. The number of hydrogen-bond donors (Lipinski definition) is 2. The molecule has 1 aliphatic carbocycles. The summed E-state index contributed by atoms with van der Waals surface area (Å²) >= 11 is 3.16. The van der Waals surface area contributed by atoms with Crippen LogP contribution in [-0.4, -0.2) is 6.54 Å². The number of benzene rings is 1. The Labute approximate surface area is 109 Å². The maximum atomic E-state index is 13.2. The van der Waals surface area contributed by atoms with Gasteiger partial charge in [-0.05, 0) is 47.7 Å². The first-order valence-corrected chi connectivity index (χ1v) is 6.62. The van der Waals surface area contributed by atoms with Crippen LogP contribution in [-0.2, 0) is 0 Å². The number of rotatable bonds is 4. The van der Waals surface area contributed by atoms with Gasteiger partial charge in [0.1, 0.15) is 5.82 Å². The molecule has 0 aromatic heterocycles. The van der Waals surface area contributed by atoms with Gasteiger partial charge in [-0.1, -0.05) is 11.6 Å². The predicted molar refractivity (Wildman–Crippen MR) is 73.6 cm³/mol. The van der Waals surface area contributed by atoms with Crippen molar-refractivity contribution >= 4 is 27.3 Å². The van der Waals surface area contributed by atoms with Crippen LogP contribution in [0.2, 0.25) is 0 Å². The van der Waals surface area contributed by atoms with E-state index in [2.05, 4.69) is 27.3 Å². The number of anilines is 2. The molecule has 0 bridgehead atoms. The number of nitrogen functional groups attached to an aromatic ring is 1. The molecular weight excluding hydrogens is 283 g/mol. The molecule has 0 radical (unpaired) electrons. The van der Waals surface area contributed by atoms with E-state index in [1.165, 1.54) is 30.9 Å². The molecule has 0 unspecified atom stereocenters. The molecule has 1 aromatic carbocycles. The lowest BCUT2D eigenvalue weighted by Gasteiger charge is -2.10. The van der Waals surface area contributed by atoms with E-state index >= 15 is 0 Å². The van der Waals surface area contributed by atoms with Crippen LogP contribution in [0.1, 0.15) is 25.7 Å². The third-order valence-electron chi connectivity index (χ3n) is 2.99. The lowest BCUT2D eigenvalue weighted by atomic mass is 10.1. The zero-order valence-corrected chi connectivity index (χ0v) is 11.2. The van der Waals surface area contributed by atoms with E-state index in [9.17, 15) is 4.39 Å². The monoisotopic (exact) mass is 298 g/mol. The first kappa shape index (κ1) is 12.4. The molecule has 0 saturated heterocycles. The molecule has 2 nitrogen and oxygen atoms in total. The number of hydrogen-bond acceptors (Lipinski definition) is 2. The summed E-state index contributed by atoms with van der Waals surface area (Å²) in [6.07, 6.45) is 7.05. The van der Waals surface area contributed by atoms with E-state index in [1.807, 2.05) is 0 Å². The van der Waals surface area contributed by atoms with Crippen LogP contribution < -0.4 is 11.1 Å². The van der Waals surface area contributed by atoms with Crippen LogP contribution >= 0.6 is 15.9 Å². The van der Waals surface area contributed by atoms with Crippen LogP contribution in [0.5, 0.6) is 0 Å². The van der Waals surface area contributed by atoms with E-state index in [0.29, 0.717) is 10.2 Å². The van der Waals surface area contributed by atoms with Gasteiger partial charge in [-0.25, -0.2) is 4.39 Å². The molecule has 0 fully saturated rings. The molecule has 0 aliphatic heterocycles. The van der Waals surface area contributed by atoms with Crippen molar-refractivity contribution in [2.75, 3.05) is 17.6 Å². The summed E-state index contributed by atoms with van der Waals surface area (Å²) < 4.78 is 13.6. The number of nitrogens with one attached hydrogen (secondary N) is 1. The lowest BCUT2D eigenvalue weighted by molar-refractivity contribution is 0.622. The van der Waals surface area contributed by atoms with Crippen molar-refractivity contribution < 1.29 is 4.39 Å². The van der Waals surface area contributed by atoms with Gasteiger partial charge in [0.05, 0.1) is 15.8 Å². The van der Waals surface area contributed by atoms with Crippen molar-refractivity contribution in [2.45, 2.75) is 25.7 Å². The predicted octanol–water partition coefficient (Wildman–Crippen LogP) is 4.08. The van der Waals surface area contributed by atoms with Gasteiger partial charge in [0, 0.05) is 12.6 Å². The van der Waals surface area contributed by atoms with E-state index in [4.69, 9.17) is 5.73 Å². The normalized spacial score (nSPS) is 14.8. The first-order valence-electron chi connectivity index (χ1n) is 5.83. The molecule has 4 heteroatoms. The van der Waals surface area contributed by atoms with Crippen LogP contribution in [0.3, 0.4) is 0 Å². The summed E-state index contributed by atoms with van der Waals surface area (Å²) in [4.78, 5) is 0. The summed E-state index contributed by atoms with van der Waals surface area (Å²) in [6.45, 7) is 0.841. The van der Waals surface area contributed by atoms with Crippen molar-refractivity contribution in [2.24, 2.45) is 0 Å². The van der Waals surface area contributed by atoms with Crippen molar-refractivity contribution in [1.82, 2.24) is 0 Å². The second kappa shape index (κ2) is 5.54. The van der Waals surface area contributed by atoms with Crippen LogP contribution in [0.4, 0.5) is 15.8 Å². The molecule has 0 spiro atoms. The van der Waals surface area contributed by atoms with Crippen molar-refractivity contribution in [3.63, 3.8) is 0 Å². The smallest absolute Gasteiger partial charge is 0.139 e. The van der Waals surface area contributed by atoms with Crippen molar-refractivity contribution in [1.29, 1.82) is 0 Å². The van der Waals surface area contributed by atoms with Gasteiger partial charge in [0.2, 0.25) is 0 Å². The zero-order chi connectivity index (χ0) is 12.3. The fourth-order valence-corrected chi connectivity index (χ4v) is 2.38. The van der Waals surface area contributed by atoms with Gasteiger partial charge in [0.25, 0.3) is 0 Å². The lowest BCUT2D eigenvalue weighted by Crippen LogP contribution is -2.05. The largest absolute Gasteiger partial charge is 0.397 e. The highest BCUT2D eigenvalue weighted by Crippen LogP contribution is 2.27. The Morgan fingerprint density at radius 2 is 2.24 bits per heavy atom. The minimum absolute atomic E-state index is 0.327. The Hall–Kier alpha value is -1.03. The summed E-state index contributed by atoms with van der Waals surface area (Å²) in [6, 6.07) is 3.02. The van der Waals surface area contributed by atoms with Gasteiger partial charge in [0.15, 0.2) is 0 Å². The molecule has 0 heterocycles. The second-order valence-electron chi connectivity index (χ2n) is 4.28. The molecule has 1 aliphatic rings. The first-order chi connectivity index (χ1) is 8.16. The number of allylic oxidation sites excluding steroid dienone is 1. The highest BCUT2D eigenvalue weighted by molar-refractivity contribution is 9.10. The zero-order valence-electron chi connectivity index (χ0n) is 9.60. The molecule has 0 saturated carbocycles. The number of nitrogens with two attached hydrogens (primary N) is 1. The summed E-state index contributed by atoms with van der Waals surface area (Å²) in [5.74, 6) is -0.327. The van der Waals surface area contributed by atoms with Gasteiger partial charge < -0.3 is 11.1 Å². The average Bonchev–Trinajstić information content (AvgIpc) is 2.78. The Kier molecular flexibility index (Phi) is 4.05. The minimum atomic E-state index is -0.327. The maximum absolute atomic E-state index is 13.2. The van der Waals surface area contributed by atoms with Gasteiger partial charge >= 0.3 is 0 Å². The van der Waals surface area contributed by atoms with Crippen LogP contribution in [0, 0.1) is 5.82 Å². The quantitative estimate of drug-likeness (QED) is 0.649. The fraction of sp³-hybridized carbons (Fsp3) is 0.385. The molecular formula is C13H16BrFN2. The van der Waals surface area contributed by atoms with E-state index in [1.54, 1.807) is 6.07 Å². The number of halogens is 2. The molecule has 17 heavy (non-hydrogen) atoms. The molecule has 0 amide bonds. The summed E-state index contributed by atoms with van der Waals surface area (Å²) in [5, 5.41) is 3.25. The maximum Gasteiger partial charge on any atom is 0.139 e. The third kappa shape index (κ3) is 3.22. The van der Waals surface area contributed by atoms with E-state index in [-0.39, 0.29) is 5.82 Å². The van der Waals surface area contributed by atoms with Crippen LogP contribution in [0.15, 0.2) is 28.3 Å². The highest BCUT2D eigenvalue weighted by Gasteiger charge is 2.07.